The summed E-state index contributed by atoms with van der Waals surface area (Å²) >= 11 is 0. The molecule has 0 radical (unpaired) electrons. The standard InChI is InChI=1S/C55H88O22/c1-23(2)18-33(59)70-22-55-27(19-50(5,6)45(44(55)67)72-25(4)57)26-12-13-30-52(9)16-15-32(51(7,8)29(52)14-17-53(30,10)54(26,11)20-31(55)58)74-49-42(76-48-39(65)37(63)35(61)28(21-56)73-48)40(66)41(43(77-49)46(68)69)75-47-38(64)36(62)34(60)24(3)71-47/h12,23-24,27-32,34-45,47-49,56,58,60-67H,13-22H2,1-11H3,(H,68,69)/t24-,27-,28+,29-,30+,31+,32-,34-,35-,36+,37-,38+,39+,40+,41+,42-,43+,44-,45-,47-,48-,49-,52-,53+,54+,55-/m0/s1. The van der Waals surface area contributed by atoms with Crippen LogP contribution in [0, 0.1) is 56.2 Å². The summed E-state index contributed by atoms with van der Waals surface area (Å²) in [6.45, 7) is 20.3. The van der Waals surface area contributed by atoms with Crippen LogP contribution in [-0.2, 0) is 52.3 Å². The zero-order valence-corrected chi connectivity index (χ0v) is 46.3. The average Bonchev–Trinajstić information content (AvgIpc) is 3.54. The van der Waals surface area contributed by atoms with Crippen molar-refractivity contribution in [3.63, 3.8) is 0 Å². The fraction of sp³-hybridized carbons (Fsp3) is 0.909. The van der Waals surface area contributed by atoms with E-state index in [9.17, 15) is 70.6 Å². The minimum absolute atomic E-state index is 0.0134. The third-order valence-electron chi connectivity index (χ3n) is 20.7. The Morgan fingerprint density at radius 2 is 1.35 bits per heavy atom. The van der Waals surface area contributed by atoms with E-state index in [4.69, 9.17) is 37.9 Å². The highest BCUT2D eigenvalue weighted by atomic mass is 16.8. The summed E-state index contributed by atoms with van der Waals surface area (Å²) in [5, 5.41) is 122. The number of carboxylic acid groups (broad SMARTS) is 1. The van der Waals surface area contributed by atoms with Crippen molar-refractivity contribution in [1.29, 1.82) is 0 Å². The first kappa shape index (κ1) is 60.6. The van der Waals surface area contributed by atoms with Crippen LogP contribution < -0.4 is 0 Å². The number of carbonyl (C=O) groups excluding carboxylic acids is 2. The van der Waals surface area contributed by atoms with Crippen molar-refractivity contribution in [2.75, 3.05) is 13.2 Å². The van der Waals surface area contributed by atoms with Crippen LogP contribution in [0.3, 0.4) is 0 Å². The fourth-order valence-corrected chi connectivity index (χ4v) is 16.3. The van der Waals surface area contributed by atoms with E-state index < -0.39 is 174 Å². The van der Waals surface area contributed by atoms with E-state index in [1.165, 1.54) is 13.8 Å². The van der Waals surface area contributed by atoms with Gasteiger partial charge < -0.3 is 94.1 Å². The zero-order chi connectivity index (χ0) is 57.0. The number of aliphatic hydroxyl groups excluding tert-OH is 10. The van der Waals surface area contributed by atoms with Crippen LogP contribution in [0.4, 0.5) is 0 Å². The molecule has 7 fully saturated rings. The second kappa shape index (κ2) is 21.7. The quantitative estimate of drug-likeness (QED) is 0.0691. The number of rotatable bonds is 13. The van der Waals surface area contributed by atoms with Gasteiger partial charge in [0.25, 0.3) is 0 Å². The average molecular weight is 1100 g/mol. The molecule has 3 heterocycles. The summed E-state index contributed by atoms with van der Waals surface area (Å²) in [5.74, 6) is -3.07. The van der Waals surface area contributed by atoms with E-state index in [-0.39, 0.29) is 42.6 Å². The molecule has 4 saturated carbocycles. The lowest BCUT2D eigenvalue weighted by Crippen LogP contribution is -2.72. The molecule has 8 aliphatic rings. The summed E-state index contributed by atoms with van der Waals surface area (Å²) in [6, 6.07) is 0. The van der Waals surface area contributed by atoms with Crippen LogP contribution in [0.5, 0.6) is 0 Å². The predicted octanol–water partition coefficient (Wildman–Crippen LogP) is 0.814. The van der Waals surface area contributed by atoms with Crippen molar-refractivity contribution in [1.82, 2.24) is 0 Å². The maximum atomic E-state index is 13.2. The molecule has 0 spiro atoms. The van der Waals surface area contributed by atoms with Gasteiger partial charge in [-0.2, -0.15) is 0 Å². The molecule has 0 aromatic heterocycles. The Morgan fingerprint density at radius 1 is 0.727 bits per heavy atom. The number of esters is 2. The third kappa shape index (κ3) is 10.0. The summed E-state index contributed by atoms with van der Waals surface area (Å²) in [6.07, 6.45) is -24.7. The molecule has 26 atom stereocenters. The Balaban J connectivity index is 1.10. The van der Waals surface area contributed by atoms with Gasteiger partial charge >= 0.3 is 17.9 Å². The molecule has 0 aromatic carbocycles. The van der Waals surface area contributed by atoms with Crippen LogP contribution in [-0.4, -0.2) is 204 Å². The van der Waals surface area contributed by atoms with Gasteiger partial charge in [0, 0.05) is 18.8 Å². The van der Waals surface area contributed by atoms with Gasteiger partial charge in [-0.05, 0) is 97.2 Å². The highest BCUT2D eigenvalue weighted by Gasteiger charge is 2.73. The smallest absolute Gasteiger partial charge is 0.335 e. The molecule has 3 aliphatic heterocycles. The van der Waals surface area contributed by atoms with Gasteiger partial charge in [-0.25, -0.2) is 4.79 Å². The molecule has 22 heteroatoms. The van der Waals surface area contributed by atoms with Crippen LogP contribution in [0.2, 0.25) is 0 Å². The number of allylic oxidation sites excluding steroid dienone is 2. The van der Waals surface area contributed by atoms with Crippen molar-refractivity contribution in [2.24, 2.45) is 56.2 Å². The Kier molecular flexibility index (Phi) is 17.1. The van der Waals surface area contributed by atoms with Crippen LogP contribution >= 0.6 is 0 Å². The summed E-state index contributed by atoms with van der Waals surface area (Å²) in [7, 11) is 0. The molecule has 22 nitrogen and oxygen atoms in total. The summed E-state index contributed by atoms with van der Waals surface area (Å²) < 4.78 is 48.2. The minimum Gasteiger partial charge on any atom is -0.479 e. The fourth-order valence-electron chi connectivity index (χ4n) is 16.3. The van der Waals surface area contributed by atoms with Gasteiger partial charge in [0.05, 0.1) is 30.3 Å². The Bertz CT molecular complexity index is 2190. The lowest BCUT2D eigenvalue weighted by atomic mass is 9.33. The lowest BCUT2D eigenvalue weighted by molar-refractivity contribution is -0.390. The van der Waals surface area contributed by atoms with Crippen molar-refractivity contribution in [2.45, 2.75) is 244 Å². The molecule has 77 heavy (non-hydrogen) atoms. The monoisotopic (exact) mass is 1100 g/mol. The van der Waals surface area contributed by atoms with Gasteiger partial charge in [0.15, 0.2) is 25.0 Å². The molecule has 5 aliphatic carbocycles. The van der Waals surface area contributed by atoms with E-state index >= 15 is 0 Å². The van der Waals surface area contributed by atoms with Crippen molar-refractivity contribution in [3.8, 4) is 0 Å². The normalized spacial score (nSPS) is 50.2. The van der Waals surface area contributed by atoms with E-state index in [2.05, 4.69) is 40.7 Å². The number of aliphatic carboxylic acids is 1. The first-order chi connectivity index (χ1) is 35.7. The molecular formula is C55H88O22. The lowest BCUT2D eigenvalue weighted by Gasteiger charge is -2.72. The van der Waals surface area contributed by atoms with E-state index in [1.54, 1.807) is 0 Å². The second-order valence-electron chi connectivity index (χ2n) is 26.4. The molecular weight excluding hydrogens is 1010 g/mol. The number of hydrogen-bond acceptors (Lipinski definition) is 21. The molecule has 0 aromatic rings. The summed E-state index contributed by atoms with van der Waals surface area (Å²) in [5.41, 5.74) is -3.12. The highest BCUT2D eigenvalue weighted by Crippen LogP contribution is 2.76. The maximum absolute atomic E-state index is 13.2. The van der Waals surface area contributed by atoms with Crippen molar-refractivity contribution in [3.05, 3.63) is 11.6 Å². The Hall–Kier alpha value is -2.49. The van der Waals surface area contributed by atoms with Crippen LogP contribution in [0.25, 0.3) is 0 Å². The highest BCUT2D eigenvalue weighted by molar-refractivity contribution is 5.73. The largest absolute Gasteiger partial charge is 0.479 e. The molecule has 0 amide bonds. The predicted molar refractivity (Wildman–Crippen MR) is 266 cm³/mol. The third-order valence-corrected chi connectivity index (χ3v) is 20.7. The Labute approximate surface area is 450 Å². The van der Waals surface area contributed by atoms with Gasteiger partial charge in [0.1, 0.15) is 79.9 Å². The number of carbonyl (C=O) groups is 3. The topological polar surface area (TPSA) is 348 Å². The van der Waals surface area contributed by atoms with Crippen molar-refractivity contribution < 1.29 is 108 Å². The molecule has 3 saturated heterocycles. The molecule has 0 unspecified atom stereocenters. The number of hydrogen-bond donors (Lipinski definition) is 11. The van der Waals surface area contributed by atoms with Gasteiger partial charge in [-0.3, -0.25) is 9.59 Å². The first-order valence-electron chi connectivity index (χ1n) is 27.7. The van der Waals surface area contributed by atoms with Gasteiger partial charge in [0.2, 0.25) is 0 Å². The van der Waals surface area contributed by atoms with Crippen LogP contribution in [0.1, 0.15) is 128 Å². The molecule has 8 rings (SSSR count). The maximum Gasteiger partial charge on any atom is 0.335 e. The first-order valence-corrected chi connectivity index (χ1v) is 27.7. The van der Waals surface area contributed by atoms with Gasteiger partial charge in [-0.15, -0.1) is 0 Å². The number of fused-ring (bicyclic) bond motifs is 7. The van der Waals surface area contributed by atoms with Crippen LogP contribution in [0.15, 0.2) is 11.6 Å². The number of carboxylic acids is 1. The molecule has 440 valence electrons. The van der Waals surface area contributed by atoms with Gasteiger partial charge in [-0.1, -0.05) is 74.0 Å². The molecule has 0 bridgehead atoms. The molecule has 11 N–H and O–H groups in total. The van der Waals surface area contributed by atoms with E-state index in [0.717, 1.165) is 5.57 Å². The van der Waals surface area contributed by atoms with E-state index in [1.807, 2.05) is 27.7 Å². The Morgan fingerprint density at radius 3 is 1.96 bits per heavy atom. The number of ether oxygens (including phenoxy) is 8. The van der Waals surface area contributed by atoms with E-state index in [0.29, 0.717) is 38.5 Å². The SMILES string of the molecule is CC(=O)O[C@H]1[C@H](O)[C@]2(COC(=O)CC(C)C)[C@H](O)C[C@]3(C)C(=CC[C@@H]4[C@@]5(C)CC[C@H](O[C@H]6O[C@@H](C(=O)O)[C@H](O[C@@H]7O[C@@H](C)[C@H](O)[C@@H](O)[C@H]7O)[C@@H](O)[C@@H]6O[C@@H]6O[C@H](CO)[C@H](O)[C@H](O)[C@H]6O)C(C)(C)[C@@H]5CC[C@]43C)[C@@H]2CC1(C)C. The summed E-state index contributed by atoms with van der Waals surface area (Å²) in [4.78, 5) is 38.9. The second-order valence-corrected chi connectivity index (χ2v) is 26.4. The minimum atomic E-state index is -2.05. The number of aliphatic hydroxyl groups is 10. The van der Waals surface area contributed by atoms with Crippen molar-refractivity contribution >= 4 is 17.9 Å². The zero-order valence-electron chi connectivity index (χ0n) is 46.3.